The van der Waals surface area contributed by atoms with Crippen LogP contribution in [0.1, 0.15) is 52.0 Å². The van der Waals surface area contributed by atoms with Crippen LogP contribution in [0, 0.1) is 0 Å². The molecule has 1 aromatic carbocycles. The van der Waals surface area contributed by atoms with Crippen LogP contribution in [0.5, 0.6) is 11.5 Å². The quantitative estimate of drug-likeness (QED) is 0.559. The maximum absolute atomic E-state index is 10.2. The van der Waals surface area contributed by atoms with Crippen LogP contribution in [0.15, 0.2) is 30.9 Å². The van der Waals surface area contributed by atoms with E-state index in [9.17, 15) is 9.90 Å². The van der Waals surface area contributed by atoms with Crippen LogP contribution < -0.4 is 4.74 Å². The van der Waals surface area contributed by atoms with E-state index < -0.39 is 0 Å². The number of hydrogen-bond acceptors (Lipinski definition) is 3. The van der Waals surface area contributed by atoms with Crippen molar-refractivity contribution in [3.63, 3.8) is 0 Å². The Morgan fingerprint density at radius 3 is 2.43 bits per heavy atom. The number of ether oxygens (including phenoxy) is 1. The van der Waals surface area contributed by atoms with Crippen LogP contribution >= 0.6 is 0 Å². The van der Waals surface area contributed by atoms with Crippen LogP contribution in [0.2, 0.25) is 0 Å². The van der Waals surface area contributed by atoms with Gasteiger partial charge in [0.15, 0.2) is 0 Å². The van der Waals surface area contributed by atoms with E-state index in [0.29, 0.717) is 25.2 Å². The minimum Gasteiger partial charge on any atom is -0.508 e. The molecule has 118 valence electrons. The van der Waals surface area contributed by atoms with Gasteiger partial charge in [-0.1, -0.05) is 39.3 Å². The molecule has 0 atom stereocenters. The van der Waals surface area contributed by atoms with E-state index in [2.05, 4.69) is 13.5 Å². The highest BCUT2D eigenvalue weighted by atomic mass is 16.5. The lowest BCUT2D eigenvalue weighted by molar-refractivity contribution is -0.118. The summed E-state index contributed by atoms with van der Waals surface area (Å²) in [6, 6.07) is 5.21. The van der Waals surface area contributed by atoms with Crippen molar-refractivity contribution in [1.29, 1.82) is 0 Å². The molecule has 0 saturated carbocycles. The Hall–Kier alpha value is -1.77. The summed E-state index contributed by atoms with van der Waals surface area (Å²) in [5.41, 5.74) is 1.07. The zero-order valence-corrected chi connectivity index (χ0v) is 13.5. The zero-order valence-electron chi connectivity index (χ0n) is 13.5. The van der Waals surface area contributed by atoms with Crippen molar-refractivity contribution in [2.75, 3.05) is 6.61 Å². The van der Waals surface area contributed by atoms with E-state index >= 15 is 0 Å². The number of benzene rings is 1. The van der Waals surface area contributed by atoms with E-state index in [-0.39, 0.29) is 5.75 Å². The van der Waals surface area contributed by atoms with Crippen LogP contribution in [-0.4, -0.2) is 17.5 Å². The van der Waals surface area contributed by atoms with Gasteiger partial charge in [-0.2, -0.15) is 0 Å². The summed E-state index contributed by atoms with van der Waals surface area (Å²) in [6.45, 7) is 10.3. The maximum Gasteiger partial charge on any atom is 0.132 e. The van der Waals surface area contributed by atoms with Crippen molar-refractivity contribution < 1.29 is 14.6 Å². The molecule has 1 rings (SSSR count). The monoisotopic (exact) mass is 292 g/mol. The number of unbranched alkanes of at least 4 members (excludes halogenated alkanes) is 1. The Bertz CT molecular complexity index is 418. The predicted molar refractivity (Wildman–Crippen MR) is 88.0 cm³/mol. The zero-order chi connectivity index (χ0) is 16.1. The summed E-state index contributed by atoms with van der Waals surface area (Å²) in [6.07, 6.45) is 6.12. The molecular weight excluding hydrogens is 264 g/mol. The summed E-state index contributed by atoms with van der Waals surface area (Å²) >= 11 is 0. The van der Waals surface area contributed by atoms with Crippen LogP contribution in [0.3, 0.4) is 0 Å². The fourth-order valence-corrected chi connectivity index (χ4v) is 1.58. The number of Topliss-reactive ketones (excluding diaryl/α,β-unsaturated/α-hetero) is 1. The molecule has 0 unspecified atom stereocenters. The topological polar surface area (TPSA) is 46.5 Å². The summed E-state index contributed by atoms with van der Waals surface area (Å²) in [7, 11) is 0. The molecule has 1 aromatic rings. The Morgan fingerprint density at radius 2 is 1.95 bits per heavy atom. The van der Waals surface area contributed by atoms with Crippen molar-refractivity contribution in [2.24, 2.45) is 0 Å². The number of phenolic OH excluding ortho intramolecular Hbond substituents is 1. The number of carbonyl (C=O) groups excluding carboxylic acids is 1. The van der Waals surface area contributed by atoms with Gasteiger partial charge in [0, 0.05) is 18.9 Å². The van der Waals surface area contributed by atoms with E-state index in [0.717, 1.165) is 30.6 Å². The largest absolute Gasteiger partial charge is 0.508 e. The molecule has 0 fully saturated rings. The highest BCUT2D eigenvalue weighted by molar-refractivity contribution is 5.77. The average molecular weight is 292 g/mol. The minimum absolute atomic E-state index is 0.245. The van der Waals surface area contributed by atoms with Gasteiger partial charge >= 0.3 is 0 Å². The van der Waals surface area contributed by atoms with Crippen molar-refractivity contribution in [3.05, 3.63) is 36.4 Å². The number of phenols is 1. The molecule has 21 heavy (non-hydrogen) atoms. The molecular formula is C18H28O3. The van der Waals surface area contributed by atoms with Gasteiger partial charge in [0.25, 0.3) is 0 Å². The number of allylic oxidation sites excluding steroid dienone is 1. The lowest BCUT2D eigenvalue weighted by Crippen LogP contribution is -1.99. The molecule has 3 nitrogen and oxygen atoms in total. The lowest BCUT2D eigenvalue weighted by atomic mass is 10.1. The van der Waals surface area contributed by atoms with Gasteiger partial charge in [-0.05, 0) is 24.5 Å². The Balaban J connectivity index is 0.000000567. The fourth-order valence-electron chi connectivity index (χ4n) is 1.58. The van der Waals surface area contributed by atoms with Crippen molar-refractivity contribution in [1.82, 2.24) is 0 Å². The molecule has 0 aliphatic carbocycles. The third-order valence-corrected chi connectivity index (χ3v) is 2.96. The van der Waals surface area contributed by atoms with Gasteiger partial charge in [-0.3, -0.25) is 4.79 Å². The van der Waals surface area contributed by atoms with Gasteiger partial charge in [-0.25, -0.2) is 0 Å². The molecule has 0 aliphatic rings. The number of hydrogen-bond donors (Lipinski definition) is 1. The van der Waals surface area contributed by atoms with Crippen LogP contribution in [0.4, 0.5) is 0 Å². The predicted octanol–water partition coefficient (Wildman–Crippen LogP) is 4.68. The summed E-state index contributed by atoms with van der Waals surface area (Å²) in [4.78, 5) is 10.2. The lowest BCUT2D eigenvalue weighted by Gasteiger charge is -2.10. The Morgan fingerprint density at radius 1 is 1.29 bits per heavy atom. The van der Waals surface area contributed by atoms with Crippen molar-refractivity contribution in [2.45, 2.75) is 52.9 Å². The highest BCUT2D eigenvalue weighted by Gasteiger charge is 2.03. The first kappa shape index (κ1) is 19.2. The van der Waals surface area contributed by atoms with E-state index in [1.165, 1.54) is 0 Å². The second-order valence-electron chi connectivity index (χ2n) is 4.73. The molecule has 0 heterocycles. The maximum atomic E-state index is 10.2. The third-order valence-electron chi connectivity index (χ3n) is 2.96. The van der Waals surface area contributed by atoms with Gasteiger partial charge < -0.3 is 9.84 Å². The molecule has 0 amide bonds. The first-order valence-corrected chi connectivity index (χ1v) is 7.66. The summed E-state index contributed by atoms with van der Waals surface area (Å²) < 4.78 is 5.60. The highest BCUT2D eigenvalue weighted by Crippen LogP contribution is 2.24. The van der Waals surface area contributed by atoms with Crippen molar-refractivity contribution in [3.8, 4) is 11.5 Å². The number of rotatable bonds is 8. The third kappa shape index (κ3) is 8.90. The van der Waals surface area contributed by atoms with Gasteiger partial charge in [-0.15, -0.1) is 6.58 Å². The SMILES string of the molecule is C=CCc1ccc(O)cc1OCCCC.CCC(=O)CC. The second kappa shape index (κ2) is 12.0. The van der Waals surface area contributed by atoms with Crippen LogP contribution in [-0.2, 0) is 11.2 Å². The number of carbonyl (C=O) groups is 1. The molecule has 0 bridgehead atoms. The average Bonchev–Trinajstić information content (AvgIpc) is 2.50. The fraction of sp³-hybridized carbons (Fsp3) is 0.500. The van der Waals surface area contributed by atoms with E-state index in [1.807, 2.05) is 26.0 Å². The van der Waals surface area contributed by atoms with Crippen LogP contribution in [0.25, 0.3) is 0 Å². The summed E-state index contributed by atoms with van der Waals surface area (Å²) in [5.74, 6) is 1.35. The van der Waals surface area contributed by atoms with Gasteiger partial charge in [0.05, 0.1) is 6.61 Å². The molecule has 0 spiro atoms. The second-order valence-corrected chi connectivity index (χ2v) is 4.73. The minimum atomic E-state index is 0.245. The Kier molecular flexibility index (Phi) is 11.0. The normalized spacial score (nSPS) is 9.48. The molecule has 3 heteroatoms. The first-order valence-electron chi connectivity index (χ1n) is 7.66. The summed E-state index contributed by atoms with van der Waals surface area (Å²) in [5, 5.41) is 9.36. The molecule has 0 aliphatic heterocycles. The first-order chi connectivity index (χ1) is 10.1. The number of aromatic hydroxyl groups is 1. The Labute approximate surface area is 128 Å². The van der Waals surface area contributed by atoms with Gasteiger partial charge in [0.1, 0.15) is 17.3 Å². The number of ketones is 1. The van der Waals surface area contributed by atoms with Gasteiger partial charge in [0.2, 0.25) is 0 Å². The molecule has 1 N–H and O–H groups in total. The molecule has 0 saturated heterocycles. The van der Waals surface area contributed by atoms with E-state index in [4.69, 9.17) is 4.74 Å². The van der Waals surface area contributed by atoms with E-state index in [1.54, 1.807) is 12.1 Å². The molecule has 0 aromatic heterocycles. The molecule has 0 radical (unpaired) electrons. The standard InChI is InChI=1S/C13H18O2.C5H10O/c1-3-5-9-15-13-10-12(14)8-7-11(13)6-4-2;1-3-5(6)4-2/h4,7-8,10,14H,2-3,5-6,9H2,1H3;3-4H2,1-2H3. The van der Waals surface area contributed by atoms with Crippen molar-refractivity contribution >= 4 is 5.78 Å². The smallest absolute Gasteiger partial charge is 0.132 e.